The zero-order valence-electron chi connectivity index (χ0n) is 8.57. The first-order valence-corrected chi connectivity index (χ1v) is 4.83. The molecule has 0 spiro atoms. The number of halogens is 2. The van der Waals surface area contributed by atoms with Crippen molar-refractivity contribution >= 4 is 0 Å². The maximum absolute atomic E-state index is 11.8. The molecule has 0 aromatic carbocycles. The van der Waals surface area contributed by atoms with E-state index in [9.17, 15) is 13.9 Å². The molecule has 0 bridgehead atoms. The highest BCUT2D eigenvalue weighted by Gasteiger charge is 2.42. The fourth-order valence-electron chi connectivity index (χ4n) is 1.40. The average Bonchev–Trinajstić information content (AvgIpc) is 2.18. The van der Waals surface area contributed by atoms with Crippen molar-refractivity contribution in [1.29, 1.82) is 0 Å². The lowest BCUT2D eigenvalue weighted by atomic mass is 9.88. The van der Waals surface area contributed by atoms with Crippen LogP contribution in [0.5, 0.6) is 0 Å². The molecular weight excluding hydrogens is 210 g/mol. The molecule has 0 aromatic rings. The van der Waals surface area contributed by atoms with Crippen LogP contribution in [0, 0.1) is 0 Å². The number of ether oxygens (including phenoxy) is 3. The number of methoxy groups -OCH3 is 1. The van der Waals surface area contributed by atoms with Gasteiger partial charge < -0.3 is 19.3 Å². The highest BCUT2D eigenvalue weighted by molar-refractivity contribution is 4.92. The maximum Gasteiger partial charge on any atom is 0.261 e. The van der Waals surface area contributed by atoms with Gasteiger partial charge in [0.15, 0.2) is 0 Å². The van der Waals surface area contributed by atoms with E-state index in [0.29, 0.717) is 19.6 Å². The number of aliphatic hydroxyl groups excluding tert-OH is 1. The van der Waals surface area contributed by atoms with Gasteiger partial charge in [0.25, 0.3) is 6.43 Å². The monoisotopic (exact) mass is 226 g/mol. The summed E-state index contributed by atoms with van der Waals surface area (Å²) in [6.45, 7) is 0.124. The first kappa shape index (κ1) is 12.8. The van der Waals surface area contributed by atoms with Crippen LogP contribution in [0.4, 0.5) is 8.78 Å². The average molecular weight is 226 g/mol. The Bertz CT molecular complexity index is 179. The van der Waals surface area contributed by atoms with Crippen molar-refractivity contribution in [3.8, 4) is 0 Å². The predicted molar refractivity (Wildman–Crippen MR) is 48.0 cm³/mol. The molecular formula is C9H16F2O4. The van der Waals surface area contributed by atoms with Crippen molar-refractivity contribution in [2.45, 2.75) is 31.2 Å². The smallest absolute Gasteiger partial charge is 0.261 e. The summed E-state index contributed by atoms with van der Waals surface area (Å²) in [7, 11) is 1.53. The van der Waals surface area contributed by atoms with E-state index in [1.165, 1.54) is 7.11 Å². The van der Waals surface area contributed by atoms with Gasteiger partial charge in [0.1, 0.15) is 12.7 Å². The SMILES string of the molecule is COCCOC1C(O)CC1OCC(F)F. The lowest BCUT2D eigenvalue weighted by Crippen LogP contribution is -2.54. The highest BCUT2D eigenvalue weighted by Crippen LogP contribution is 2.27. The molecule has 1 saturated carbocycles. The highest BCUT2D eigenvalue weighted by atomic mass is 19.3. The van der Waals surface area contributed by atoms with Crippen LogP contribution in [0.15, 0.2) is 0 Å². The van der Waals surface area contributed by atoms with E-state index in [1.54, 1.807) is 0 Å². The largest absolute Gasteiger partial charge is 0.390 e. The van der Waals surface area contributed by atoms with E-state index in [2.05, 4.69) is 0 Å². The molecule has 15 heavy (non-hydrogen) atoms. The molecule has 0 aliphatic heterocycles. The molecule has 6 heteroatoms. The molecule has 0 aromatic heterocycles. The number of alkyl halides is 2. The van der Waals surface area contributed by atoms with Crippen LogP contribution in [0.3, 0.4) is 0 Å². The van der Waals surface area contributed by atoms with Crippen molar-refractivity contribution in [3.05, 3.63) is 0 Å². The predicted octanol–water partition coefficient (Wildman–Crippen LogP) is 0.433. The van der Waals surface area contributed by atoms with E-state index in [4.69, 9.17) is 14.2 Å². The molecule has 0 saturated heterocycles. The Balaban J connectivity index is 2.16. The summed E-state index contributed by atoms with van der Waals surface area (Å²) in [4.78, 5) is 0. The van der Waals surface area contributed by atoms with Gasteiger partial charge in [-0.25, -0.2) is 8.78 Å². The Morgan fingerprint density at radius 1 is 1.33 bits per heavy atom. The summed E-state index contributed by atoms with van der Waals surface area (Å²) in [6, 6.07) is 0. The lowest BCUT2D eigenvalue weighted by molar-refractivity contribution is -0.203. The number of hydrogen-bond acceptors (Lipinski definition) is 4. The van der Waals surface area contributed by atoms with Gasteiger partial charge >= 0.3 is 0 Å². The normalized spacial score (nSPS) is 30.6. The van der Waals surface area contributed by atoms with Gasteiger partial charge in [-0.05, 0) is 0 Å². The van der Waals surface area contributed by atoms with Crippen LogP contribution >= 0.6 is 0 Å². The van der Waals surface area contributed by atoms with Gasteiger partial charge in [-0.2, -0.15) is 0 Å². The van der Waals surface area contributed by atoms with Crippen LogP contribution < -0.4 is 0 Å². The second-order valence-electron chi connectivity index (χ2n) is 3.39. The van der Waals surface area contributed by atoms with E-state index < -0.39 is 31.3 Å². The van der Waals surface area contributed by atoms with E-state index >= 15 is 0 Å². The Morgan fingerprint density at radius 3 is 2.60 bits per heavy atom. The maximum atomic E-state index is 11.8. The summed E-state index contributed by atoms with van der Waals surface area (Å²) >= 11 is 0. The van der Waals surface area contributed by atoms with Gasteiger partial charge in [-0.1, -0.05) is 0 Å². The summed E-state index contributed by atoms with van der Waals surface area (Å²) in [5.74, 6) is 0. The second kappa shape index (κ2) is 6.32. The van der Waals surface area contributed by atoms with Crippen molar-refractivity contribution in [1.82, 2.24) is 0 Å². The molecule has 0 heterocycles. The van der Waals surface area contributed by atoms with Crippen LogP contribution in [0.25, 0.3) is 0 Å². The molecule has 1 fully saturated rings. The topological polar surface area (TPSA) is 47.9 Å². The van der Waals surface area contributed by atoms with E-state index in [-0.39, 0.29) is 0 Å². The van der Waals surface area contributed by atoms with Crippen LogP contribution in [0.2, 0.25) is 0 Å². The molecule has 1 aliphatic rings. The third-order valence-corrected chi connectivity index (χ3v) is 2.25. The third kappa shape index (κ3) is 3.98. The Labute approximate surface area is 87.1 Å². The van der Waals surface area contributed by atoms with Gasteiger partial charge in [0.2, 0.25) is 0 Å². The molecule has 1 aliphatic carbocycles. The van der Waals surface area contributed by atoms with Gasteiger partial charge in [0, 0.05) is 13.5 Å². The van der Waals surface area contributed by atoms with Gasteiger partial charge in [-0.3, -0.25) is 0 Å². The van der Waals surface area contributed by atoms with Crippen LogP contribution in [0.1, 0.15) is 6.42 Å². The summed E-state index contributed by atoms with van der Waals surface area (Å²) in [5.41, 5.74) is 0. The molecule has 1 N–H and O–H groups in total. The fourth-order valence-corrected chi connectivity index (χ4v) is 1.40. The first-order valence-electron chi connectivity index (χ1n) is 4.83. The standard InChI is InChI=1S/C9H16F2O4/c1-13-2-3-14-9-6(12)4-7(9)15-5-8(10)11/h6-9,12H,2-5H2,1H3. The van der Waals surface area contributed by atoms with Crippen molar-refractivity contribution in [3.63, 3.8) is 0 Å². The first-order chi connectivity index (χ1) is 7.15. The molecule has 1 rings (SSSR count). The summed E-state index contributed by atoms with van der Waals surface area (Å²) in [6.07, 6.45) is -3.68. The Kier molecular flexibility index (Phi) is 5.38. The minimum Gasteiger partial charge on any atom is -0.390 e. The molecule has 90 valence electrons. The number of rotatable bonds is 7. The number of aliphatic hydroxyl groups is 1. The molecule has 0 radical (unpaired) electrons. The molecule has 3 unspecified atom stereocenters. The zero-order chi connectivity index (χ0) is 11.3. The molecule has 4 nitrogen and oxygen atoms in total. The molecule has 3 atom stereocenters. The lowest BCUT2D eigenvalue weighted by Gasteiger charge is -2.40. The van der Waals surface area contributed by atoms with Crippen molar-refractivity contribution < 1.29 is 28.1 Å². The van der Waals surface area contributed by atoms with Crippen molar-refractivity contribution in [2.75, 3.05) is 26.9 Å². The molecule has 0 amide bonds. The van der Waals surface area contributed by atoms with E-state index in [1.807, 2.05) is 0 Å². The fraction of sp³-hybridized carbons (Fsp3) is 1.00. The van der Waals surface area contributed by atoms with Crippen LogP contribution in [-0.4, -0.2) is 56.8 Å². The number of hydrogen-bond donors (Lipinski definition) is 1. The minimum atomic E-state index is -2.48. The summed E-state index contributed by atoms with van der Waals surface area (Å²) < 4.78 is 38.5. The Hall–Kier alpha value is -0.300. The third-order valence-electron chi connectivity index (χ3n) is 2.25. The zero-order valence-corrected chi connectivity index (χ0v) is 8.57. The van der Waals surface area contributed by atoms with Gasteiger partial charge in [-0.15, -0.1) is 0 Å². The van der Waals surface area contributed by atoms with Crippen molar-refractivity contribution in [2.24, 2.45) is 0 Å². The van der Waals surface area contributed by atoms with Gasteiger partial charge in [0.05, 0.1) is 25.4 Å². The Morgan fingerprint density at radius 2 is 2.07 bits per heavy atom. The van der Waals surface area contributed by atoms with Crippen LogP contribution in [-0.2, 0) is 14.2 Å². The quantitative estimate of drug-likeness (QED) is 0.640. The van der Waals surface area contributed by atoms with E-state index in [0.717, 1.165) is 0 Å². The second-order valence-corrected chi connectivity index (χ2v) is 3.39. The minimum absolute atomic E-state index is 0.326. The summed E-state index contributed by atoms with van der Waals surface area (Å²) in [5, 5.41) is 9.31.